The summed E-state index contributed by atoms with van der Waals surface area (Å²) in [7, 11) is 0. The maximum absolute atomic E-state index is 12.9. The van der Waals surface area contributed by atoms with Crippen LogP contribution in [-0.4, -0.2) is 28.9 Å². The molecule has 24 heavy (non-hydrogen) atoms. The summed E-state index contributed by atoms with van der Waals surface area (Å²) >= 11 is 0. The van der Waals surface area contributed by atoms with Gasteiger partial charge in [0.25, 0.3) is 0 Å². The highest BCUT2D eigenvalue weighted by atomic mass is 16.6. The Kier molecular flexibility index (Phi) is 2.04. The van der Waals surface area contributed by atoms with Crippen LogP contribution in [0.5, 0.6) is 0 Å². The third-order valence-electron chi connectivity index (χ3n) is 7.46. The lowest BCUT2D eigenvalue weighted by atomic mass is 9.48. The van der Waals surface area contributed by atoms with Gasteiger partial charge in [0, 0.05) is 11.8 Å². The summed E-state index contributed by atoms with van der Waals surface area (Å²) in [6, 6.07) is 3.30. The first-order valence-corrected chi connectivity index (χ1v) is 8.67. The van der Waals surface area contributed by atoms with Crippen LogP contribution in [0.25, 0.3) is 0 Å². The SMILES string of the molecule is Cc1cc(=O)cc2c3c1C1OC4C(C)C5(CC2)C(=O)OC4C1(O)C35. The van der Waals surface area contributed by atoms with E-state index in [1.807, 2.05) is 6.92 Å². The Hall–Kier alpha value is -1.72. The van der Waals surface area contributed by atoms with E-state index in [0.29, 0.717) is 12.8 Å². The number of ether oxygens (including phenoxy) is 2. The Morgan fingerprint density at radius 3 is 2.83 bits per heavy atom. The highest BCUT2D eigenvalue weighted by molar-refractivity contribution is 5.84. The van der Waals surface area contributed by atoms with Crippen molar-refractivity contribution in [3.05, 3.63) is 44.6 Å². The number of fused-ring (bicyclic) bond motifs is 2. The lowest BCUT2D eigenvalue weighted by molar-refractivity contribution is -0.243. The number of hydrogen-bond acceptors (Lipinski definition) is 5. The normalized spacial score (nSPS) is 48.6. The molecule has 1 spiro atoms. The van der Waals surface area contributed by atoms with E-state index in [9.17, 15) is 14.7 Å². The quantitative estimate of drug-likeness (QED) is 0.724. The molecule has 3 saturated heterocycles. The fourth-order valence-corrected chi connectivity index (χ4v) is 6.57. The number of aryl methyl sites for hydroxylation is 2. The molecule has 124 valence electrons. The van der Waals surface area contributed by atoms with Crippen molar-refractivity contribution in [1.82, 2.24) is 0 Å². The summed E-state index contributed by atoms with van der Waals surface area (Å²) in [6.07, 6.45) is -0.101. The Morgan fingerprint density at radius 1 is 1.25 bits per heavy atom. The predicted molar refractivity (Wildman–Crippen MR) is 82.6 cm³/mol. The molecule has 7 rings (SSSR count). The Morgan fingerprint density at radius 2 is 2.04 bits per heavy atom. The smallest absolute Gasteiger partial charge is 0.313 e. The van der Waals surface area contributed by atoms with Gasteiger partial charge in [0.1, 0.15) is 17.8 Å². The van der Waals surface area contributed by atoms with Crippen molar-refractivity contribution in [2.24, 2.45) is 11.3 Å². The topological polar surface area (TPSA) is 72.8 Å². The molecule has 0 aromatic heterocycles. The number of carbonyl (C=O) groups is 1. The lowest BCUT2D eigenvalue weighted by Gasteiger charge is -2.60. The van der Waals surface area contributed by atoms with Crippen LogP contribution in [0.2, 0.25) is 0 Å². The molecule has 0 amide bonds. The molecule has 0 radical (unpaired) electrons. The average Bonchev–Trinajstić information content (AvgIpc) is 2.88. The molecule has 1 saturated carbocycles. The van der Waals surface area contributed by atoms with Crippen molar-refractivity contribution >= 4 is 5.97 Å². The van der Waals surface area contributed by atoms with E-state index in [-0.39, 0.29) is 29.3 Å². The van der Waals surface area contributed by atoms with E-state index in [4.69, 9.17) is 9.47 Å². The fourth-order valence-electron chi connectivity index (χ4n) is 6.57. The third kappa shape index (κ3) is 1.06. The van der Waals surface area contributed by atoms with Gasteiger partial charge in [0.05, 0.1) is 5.41 Å². The van der Waals surface area contributed by atoms with Gasteiger partial charge in [-0.1, -0.05) is 6.92 Å². The molecule has 3 aliphatic carbocycles. The van der Waals surface area contributed by atoms with E-state index >= 15 is 0 Å². The molecule has 5 heteroatoms. The first kappa shape index (κ1) is 13.6. The van der Waals surface area contributed by atoms with Crippen molar-refractivity contribution in [3.63, 3.8) is 0 Å². The zero-order valence-corrected chi connectivity index (χ0v) is 13.5. The molecule has 7 atom stereocenters. The summed E-state index contributed by atoms with van der Waals surface area (Å²) in [5.74, 6) is -0.503. The summed E-state index contributed by atoms with van der Waals surface area (Å²) in [6.45, 7) is 3.95. The van der Waals surface area contributed by atoms with E-state index in [1.54, 1.807) is 12.1 Å². The van der Waals surface area contributed by atoms with Crippen LogP contribution < -0.4 is 5.43 Å². The first-order valence-electron chi connectivity index (χ1n) is 8.67. The molecular formula is C19H18O5. The average molecular weight is 326 g/mol. The number of carbonyl (C=O) groups excluding carboxylic acids is 1. The van der Waals surface area contributed by atoms with Crippen LogP contribution in [-0.2, 0) is 20.7 Å². The minimum atomic E-state index is -1.19. The monoisotopic (exact) mass is 326 g/mol. The molecule has 4 fully saturated rings. The van der Waals surface area contributed by atoms with Gasteiger partial charge >= 0.3 is 5.97 Å². The van der Waals surface area contributed by atoms with Gasteiger partial charge in [-0.25, -0.2) is 0 Å². The Balaban J connectivity index is 1.81. The van der Waals surface area contributed by atoms with Crippen molar-refractivity contribution in [2.45, 2.75) is 56.5 Å². The number of rotatable bonds is 0. The third-order valence-corrected chi connectivity index (χ3v) is 7.46. The molecule has 3 aliphatic heterocycles. The zero-order valence-electron chi connectivity index (χ0n) is 13.5. The van der Waals surface area contributed by atoms with Crippen LogP contribution in [0.1, 0.15) is 47.6 Å². The second kappa shape index (κ2) is 3.60. The van der Waals surface area contributed by atoms with Crippen molar-refractivity contribution in [2.75, 3.05) is 0 Å². The largest absolute Gasteiger partial charge is 0.456 e. The standard InChI is InChI=1S/C19H18O5/c1-7-5-10(20)6-9-3-4-18-8(2)13-16(24-17(18)21)19(22)14(18)12(9)11(7)15(19)23-13/h5-6,8,13-16,22H,3-4H2,1-2H3. The molecule has 5 nitrogen and oxygen atoms in total. The van der Waals surface area contributed by atoms with Crippen LogP contribution in [0.3, 0.4) is 0 Å². The molecular weight excluding hydrogens is 308 g/mol. The van der Waals surface area contributed by atoms with Gasteiger partial charge in [0.2, 0.25) is 0 Å². The van der Waals surface area contributed by atoms with E-state index in [0.717, 1.165) is 22.3 Å². The zero-order chi connectivity index (χ0) is 16.6. The van der Waals surface area contributed by atoms with Gasteiger partial charge in [-0.15, -0.1) is 0 Å². The Labute approximate surface area is 138 Å². The lowest BCUT2D eigenvalue weighted by Crippen LogP contribution is -2.71. The van der Waals surface area contributed by atoms with E-state index in [2.05, 4.69) is 6.92 Å². The summed E-state index contributed by atoms with van der Waals surface area (Å²) < 4.78 is 12.0. The fraction of sp³-hybridized carbons (Fsp3) is 0.579. The van der Waals surface area contributed by atoms with Crippen LogP contribution in [0.15, 0.2) is 16.9 Å². The van der Waals surface area contributed by atoms with Crippen molar-refractivity contribution in [1.29, 1.82) is 0 Å². The van der Waals surface area contributed by atoms with Gasteiger partial charge in [-0.2, -0.15) is 0 Å². The Bertz CT molecular complexity index is 907. The second-order valence-corrected chi connectivity index (χ2v) is 8.18. The maximum Gasteiger partial charge on any atom is 0.313 e. The summed E-state index contributed by atoms with van der Waals surface area (Å²) in [4.78, 5) is 25.1. The predicted octanol–water partition coefficient (Wildman–Crippen LogP) is 1.13. The second-order valence-electron chi connectivity index (χ2n) is 8.18. The van der Waals surface area contributed by atoms with Gasteiger partial charge in [-0.3, -0.25) is 9.59 Å². The molecule has 6 aliphatic rings. The molecule has 1 aromatic carbocycles. The molecule has 1 N–H and O–H groups in total. The maximum atomic E-state index is 12.9. The molecule has 7 unspecified atom stereocenters. The van der Waals surface area contributed by atoms with Crippen molar-refractivity contribution < 1.29 is 19.4 Å². The van der Waals surface area contributed by atoms with Crippen LogP contribution in [0, 0.1) is 18.3 Å². The van der Waals surface area contributed by atoms with Crippen LogP contribution >= 0.6 is 0 Å². The minimum absolute atomic E-state index is 0.0119. The molecule has 4 bridgehead atoms. The first-order chi connectivity index (χ1) is 11.4. The van der Waals surface area contributed by atoms with Crippen molar-refractivity contribution in [3.8, 4) is 0 Å². The summed E-state index contributed by atoms with van der Waals surface area (Å²) in [5, 5.41) is 11.7. The van der Waals surface area contributed by atoms with E-state index in [1.165, 1.54) is 0 Å². The van der Waals surface area contributed by atoms with Gasteiger partial charge < -0.3 is 14.6 Å². The van der Waals surface area contributed by atoms with Gasteiger partial charge in [0.15, 0.2) is 11.5 Å². The summed E-state index contributed by atoms with van der Waals surface area (Å²) in [5.41, 5.74) is 1.77. The van der Waals surface area contributed by atoms with E-state index < -0.39 is 23.2 Å². The minimum Gasteiger partial charge on any atom is -0.456 e. The highest BCUT2D eigenvalue weighted by Crippen LogP contribution is 2.75. The number of hydrogen-bond donors (Lipinski definition) is 1. The van der Waals surface area contributed by atoms with Gasteiger partial charge in [-0.05, 0) is 54.2 Å². The highest BCUT2D eigenvalue weighted by Gasteiger charge is 2.83. The molecule has 3 heterocycles. The number of esters is 1. The number of aliphatic hydroxyl groups is 1. The molecule has 1 aromatic rings. The van der Waals surface area contributed by atoms with Crippen LogP contribution in [0.4, 0.5) is 0 Å².